The lowest BCUT2D eigenvalue weighted by Crippen LogP contribution is -2.61. The smallest absolute Gasteiger partial charge is 0.335 e. The first-order valence-corrected chi connectivity index (χ1v) is 31.5. The van der Waals surface area contributed by atoms with Gasteiger partial charge in [0.05, 0.1) is 6.61 Å². The van der Waals surface area contributed by atoms with E-state index in [-0.39, 0.29) is 25.9 Å². The molecule has 12 nitrogen and oxygen atoms in total. The monoisotopic (exact) mass is 1130 g/mol. The van der Waals surface area contributed by atoms with E-state index >= 15 is 0 Å². The molecule has 0 radical (unpaired) electrons. The lowest BCUT2D eigenvalue weighted by Gasteiger charge is -2.40. The van der Waals surface area contributed by atoms with Gasteiger partial charge in [0.25, 0.3) is 0 Å². The van der Waals surface area contributed by atoms with Gasteiger partial charge in [0, 0.05) is 19.3 Å². The van der Waals surface area contributed by atoms with Gasteiger partial charge in [-0.25, -0.2) is 4.79 Å². The lowest BCUT2D eigenvalue weighted by molar-refractivity contribution is -0.301. The zero-order chi connectivity index (χ0) is 58.9. The summed E-state index contributed by atoms with van der Waals surface area (Å²) in [7, 11) is 0. The van der Waals surface area contributed by atoms with Gasteiger partial charge in [0.1, 0.15) is 18.8 Å². The Morgan fingerprint density at radius 1 is 0.420 bits per heavy atom. The van der Waals surface area contributed by atoms with Gasteiger partial charge in [-0.2, -0.15) is 0 Å². The van der Waals surface area contributed by atoms with E-state index in [9.17, 15) is 34.5 Å². The second kappa shape index (κ2) is 55.6. The standard InChI is InChI=1S/C69H110O12/c1-4-7-10-13-16-19-22-25-28-30-31-33-35-37-40-43-46-49-52-55-61(70)77-58-60(79-62(71)56-53-50-47-44-41-38-34-27-24-21-18-15-12-9-6-3)59-78-69-67(65(74)64(73)66(81-69)68(75)76)80-63(72)57-54-51-48-45-42-39-36-32-29-26-23-20-17-14-11-8-5-2/h7,9-10,12,16,18-19,21,25-29,31,33-34,37,40,46,49,60,64-67,69,73-74H,4-6,8,11,13-15,17,20,22-24,30,32,35-36,38-39,41-45,47-48,50-59H2,1-3H3,(H,75,76)/b10-7-,12-9-,19-16-,21-18-,28-25-,29-26-,33-31-,34-27-,40-37-,49-46-. The maximum atomic E-state index is 13.2. The molecule has 81 heavy (non-hydrogen) atoms. The minimum atomic E-state index is -1.92. The molecule has 6 unspecified atom stereocenters. The van der Waals surface area contributed by atoms with Gasteiger partial charge < -0.3 is 39.0 Å². The van der Waals surface area contributed by atoms with Gasteiger partial charge in [0.15, 0.2) is 24.6 Å². The third-order valence-electron chi connectivity index (χ3n) is 13.5. The Bertz CT molecular complexity index is 1870. The van der Waals surface area contributed by atoms with Crippen molar-refractivity contribution in [3.8, 4) is 0 Å². The number of carbonyl (C=O) groups excluding carboxylic acids is 3. The number of carbonyl (C=O) groups is 4. The van der Waals surface area contributed by atoms with Crippen LogP contribution in [0.25, 0.3) is 0 Å². The SMILES string of the molecule is CC/C=C\C/C=C\C/C=C\C/C=C\C/C=C\C/C=C\CCC(=O)OCC(COC1OC(C(=O)O)C(O)C(O)C1OC(=O)CCCCCCCCC/C=C\CCCCCCCC)OC(=O)CCCCCCC/C=C\C/C=C\C/C=C\CC. The van der Waals surface area contributed by atoms with E-state index in [1.165, 1.54) is 51.4 Å². The number of hydrogen-bond donors (Lipinski definition) is 3. The second-order valence-corrected chi connectivity index (χ2v) is 20.9. The van der Waals surface area contributed by atoms with Crippen molar-refractivity contribution in [3.63, 3.8) is 0 Å². The van der Waals surface area contributed by atoms with E-state index in [4.69, 9.17) is 23.7 Å². The zero-order valence-corrected chi connectivity index (χ0v) is 50.5. The molecule has 1 fully saturated rings. The Balaban J connectivity index is 2.73. The third kappa shape index (κ3) is 45.3. The molecule has 0 bridgehead atoms. The number of allylic oxidation sites excluding steroid dienone is 20. The van der Waals surface area contributed by atoms with Crippen LogP contribution < -0.4 is 0 Å². The molecule has 1 rings (SSSR count). The minimum Gasteiger partial charge on any atom is -0.479 e. The number of ether oxygens (including phenoxy) is 5. The molecule has 1 saturated heterocycles. The summed E-state index contributed by atoms with van der Waals surface area (Å²) in [5.41, 5.74) is 0. The van der Waals surface area contributed by atoms with E-state index < -0.39 is 67.3 Å². The van der Waals surface area contributed by atoms with Crippen LogP contribution in [0, 0.1) is 0 Å². The summed E-state index contributed by atoms with van der Waals surface area (Å²) in [6.45, 7) is 5.69. The molecule has 1 aliphatic heterocycles. The van der Waals surface area contributed by atoms with Crippen LogP contribution in [0.2, 0.25) is 0 Å². The third-order valence-corrected chi connectivity index (χ3v) is 13.5. The summed E-state index contributed by atoms with van der Waals surface area (Å²) in [6, 6.07) is 0. The van der Waals surface area contributed by atoms with Crippen LogP contribution in [0.3, 0.4) is 0 Å². The molecule has 0 aromatic carbocycles. The Morgan fingerprint density at radius 3 is 1.25 bits per heavy atom. The van der Waals surface area contributed by atoms with Gasteiger partial charge >= 0.3 is 23.9 Å². The van der Waals surface area contributed by atoms with Crippen LogP contribution in [-0.4, -0.2) is 89.2 Å². The molecular weight excluding hydrogens is 1020 g/mol. The van der Waals surface area contributed by atoms with Crippen LogP contribution in [0.4, 0.5) is 0 Å². The summed E-state index contributed by atoms with van der Waals surface area (Å²) in [5.74, 6) is -3.27. The molecule has 0 amide bonds. The highest BCUT2D eigenvalue weighted by molar-refractivity contribution is 5.74. The molecule has 6 atom stereocenters. The second-order valence-electron chi connectivity index (χ2n) is 20.9. The average molecular weight is 1130 g/mol. The van der Waals surface area contributed by atoms with E-state index in [2.05, 4.69) is 130 Å². The number of aliphatic hydroxyl groups is 2. The highest BCUT2D eigenvalue weighted by Gasteiger charge is 2.50. The zero-order valence-electron chi connectivity index (χ0n) is 50.5. The summed E-state index contributed by atoms with van der Waals surface area (Å²) in [6.07, 6.45) is 64.6. The summed E-state index contributed by atoms with van der Waals surface area (Å²) in [5, 5.41) is 31.6. The Labute approximate surface area is 490 Å². The van der Waals surface area contributed by atoms with Gasteiger partial charge in [-0.05, 0) is 116 Å². The fraction of sp³-hybridized carbons (Fsp3) is 0.652. The van der Waals surface area contributed by atoms with Crippen molar-refractivity contribution in [3.05, 3.63) is 122 Å². The number of rotatable bonds is 52. The van der Waals surface area contributed by atoms with Crippen molar-refractivity contribution in [2.45, 2.75) is 276 Å². The maximum Gasteiger partial charge on any atom is 0.335 e. The summed E-state index contributed by atoms with van der Waals surface area (Å²) >= 11 is 0. The molecular formula is C69H110O12. The van der Waals surface area contributed by atoms with Gasteiger partial charge in [-0.3, -0.25) is 14.4 Å². The number of esters is 3. The fourth-order valence-electron chi connectivity index (χ4n) is 8.76. The highest BCUT2D eigenvalue weighted by atomic mass is 16.7. The maximum absolute atomic E-state index is 13.2. The predicted molar refractivity (Wildman–Crippen MR) is 330 cm³/mol. The quantitative estimate of drug-likeness (QED) is 0.0228. The molecule has 458 valence electrons. The van der Waals surface area contributed by atoms with Crippen molar-refractivity contribution >= 4 is 23.9 Å². The van der Waals surface area contributed by atoms with Crippen LogP contribution in [0.1, 0.15) is 239 Å². The van der Waals surface area contributed by atoms with E-state index in [1.807, 2.05) is 12.2 Å². The van der Waals surface area contributed by atoms with Crippen molar-refractivity contribution in [1.82, 2.24) is 0 Å². The first-order valence-electron chi connectivity index (χ1n) is 31.5. The molecule has 0 aromatic rings. The molecule has 12 heteroatoms. The van der Waals surface area contributed by atoms with Gasteiger partial charge in [-0.15, -0.1) is 0 Å². The van der Waals surface area contributed by atoms with Gasteiger partial charge in [0.2, 0.25) is 0 Å². The Morgan fingerprint density at radius 2 is 0.802 bits per heavy atom. The van der Waals surface area contributed by atoms with Gasteiger partial charge in [-0.1, -0.05) is 226 Å². The lowest BCUT2D eigenvalue weighted by atomic mass is 9.98. The Hall–Kier alpha value is -4.88. The number of aliphatic hydroxyl groups excluding tert-OH is 2. The molecule has 1 heterocycles. The number of carboxylic acids is 1. The summed E-state index contributed by atoms with van der Waals surface area (Å²) < 4.78 is 28.4. The van der Waals surface area contributed by atoms with E-state index in [0.29, 0.717) is 19.3 Å². The van der Waals surface area contributed by atoms with Crippen molar-refractivity contribution < 1.29 is 58.2 Å². The normalized spacial score (nSPS) is 18.6. The molecule has 3 N–H and O–H groups in total. The topological polar surface area (TPSA) is 175 Å². The van der Waals surface area contributed by atoms with Crippen molar-refractivity contribution in [2.75, 3.05) is 13.2 Å². The minimum absolute atomic E-state index is 0.0407. The molecule has 0 spiro atoms. The van der Waals surface area contributed by atoms with Crippen LogP contribution >= 0.6 is 0 Å². The number of unbranched alkanes of at least 4 members (excludes halogenated alkanes) is 18. The largest absolute Gasteiger partial charge is 0.479 e. The number of aliphatic carboxylic acids is 1. The highest BCUT2D eigenvalue weighted by Crippen LogP contribution is 2.26. The summed E-state index contributed by atoms with van der Waals surface area (Å²) in [4.78, 5) is 51.2. The van der Waals surface area contributed by atoms with E-state index in [1.54, 1.807) is 0 Å². The Kier molecular flexibility index (Phi) is 50.9. The van der Waals surface area contributed by atoms with Crippen LogP contribution in [0.15, 0.2) is 122 Å². The van der Waals surface area contributed by atoms with Crippen LogP contribution in [0.5, 0.6) is 0 Å². The van der Waals surface area contributed by atoms with Crippen molar-refractivity contribution in [2.24, 2.45) is 0 Å². The van der Waals surface area contributed by atoms with E-state index in [0.717, 1.165) is 128 Å². The van der Waals surface area contributed by atoms with Crippen LogP contribution in [-0.2, 0) is 42.9 Å². The fourth-order valence-corrected chi connectivity index (χ4v) is 8.76. The molecule has 0 aromatic heterocycles. The molecule has 1 aliphatic rings. The molecule has 0 saturated carbocycles. The predicted octanol–water partition coefficient (Wildman–Crippen LogP) is 16.8. The average Bonchev–Trinajstić information content (AvgIpc) is 3.53. The van der Waals surface area contributed by atoms with Crippen molar-refractivity contribution in [1.29, 1.82) is 0 Å². The first-order chi connectivity index (χ1) is 39.6. The number of carboxylic acid groups (broad SMARTS) is 1. The molecule has 0 aliphatic carbocycles. The first kappa shape index (κ1) is 74.1. The number of hydrogen-bond acceptors (Lipinski definition) is 11.